The van der Waals surface area contributed by atoms with Gasteiger partial charge in [0, 0.05) is 24.2 Å². The molecule has 20 heavy (non-hydrogen) atoms. The maximum atomic E-state index is 13.1. The van der Waals surface area contributed by atoms with Gasteiger partial charge in [-0.1, -0.05) is 18.2 Å². The van der Waals surface area contributed by atoms with E-state index in [4.69, 9.17) is 4.74 Å². The first-order valence-corrected chi connectivity index (χ1v) is 6.41. The summed E-state index contributed by atoms with van der Waals surface area (Å²) < 4.78 is 31.5. The maximum Gasteiger partial charge on any atom is 0.126 e. The van der Waals surface area contributed by atoms with Crippen molar-refractivity contribution in [2.45, 2.75) is 19.5 Å². The summed E-state index contributed by atoms with van der Waals surface area (Å²) in [4.78, 5) is 0. The van der Waals surface area contributed by atoms with Crippen LogP contribution in [-0.4, -0.2) is 7.11 Å². The summed E-state index contributed by atoms with van der Waals surface area (Å²) in [6.07, 6.45) is 0. The monoisotopic (exact) mass is 277 g/mol. The van der Waals surface area contributed by atoms with Gasteiger partial charge in [-0.15, -0.1) is 0 Å². The molecule has 0 aliphatic carbocycles. The second kappa shape index (κ2) is 6.48. The zero-order chi connectivity index (χ0) is 14.5. The van der Waals surface area contributed by atoms with Gasteiger partial charge in [0.15, 0.2) is 0 Å². The molecule has 1 atom stereocenters. The number of benzene rings is 2. The third-order valence-electron chi connectivity index (χ3n) is 3.14. The molecule has 1 N–H and O–H groups in total. The van der Waals surface area contributed by atoms with Crippen molar-refractivity contribution >= 4 is 0 Å². The van der Waals surface area contributed by atoms with Crippen molar-refractivity contribution < 1.29 is 13.5 Å². The lowest BCUT2D eigenvalue weighted by Gasteiger charge is -2.17. The van der Waals surface area contributed by atoms with Crippen LogP contribution in [-0.2, 0) is 6.54 Å². The van der Waals surface area contributed by atoms with Gasteiger partial charge in [0.2, 0.25) is 0 Å². The van der Waals surface area contributed by atoms with E-state index in [1.165, 1.54) is 12.1 Å². The topological polar surface area (TPSA) is 21.3 Å². The van der Waals surface area contributed by atoms with Gasteiger partial charge in [-0.3, -0.25) is 0 Å². The summed E-state index contributed by atoms with van der Waals surface area (Å²) in [7, 11) is 1.62. The van der Waals surface area contributed by atoms with E-state index in [9.17, 15) is 8.78 Å². The maximum absolute atomic E-state index is 13.1. The Labute approximate surface area is 117 Å². The first kappa shape index (κ1) is 14.5. The van der Waals surface area contributed by atoms with E-state index in [0.29, 0.717) is 12.1 Å². The highest BCUT2D eigenvalue weighted by atomic mass is 19.1. The van der Waals surface area contributed by atoms with Crippen LogP contribution in [0.25, 0.3) is 0 Å². The number of methoxy groups -OCH3 is 1. The molecular weight excluding hydrogens is 260 g/mol. The Morgan fingerprint density at radius 1 is 1.10 bits per heavy atom. The zero-order valence-corrected chi connectivity index (χ0v) is 11.5. The van der Waals surface area contributed by atoms with Crippen LogP contribution in [0.1, 0.15) is 24.1 Å². The van der Waals surface area contributed by atoms with Crippen molar-refractivity contribution in [3.63, 3.8) is 0 Å². The molecule has 2 aromatic carbocycles. The number of hydrogen-bond donors (Lipinski definition) is 1. The van der Waals surface area contributed by atoms with Gasteiger partial charge in [-0.05, 0) is 30.7 Å². The Balaban J connectivity index is 2.06. The summed E-state index contributed by atoms with van der Waals surface area (Å²) in [6.45, 7) is 2.36. The van der Waals surface area contributed by atoms with Gasteiger partial charge in [0.25, 0.3) is 0 Å². The average molecular weight is 277 g/mol. The summed E-state index contributed by atoms with van der Waals surface area (Å²) in [5.41, 5.74) is 1.58. The first-order valence-electron chi connectivity index (χ1n) is 6.41. The fraction of sp³-hybridized carbons (Fsp3) is 0.250. The number of hydrogen-bond acceptors (Lipinski definition) is 2. The van der Waals surface area contributed by atoms with Crippen molar-refractivity contribution in [1.82, 2.24) is 5.32 Å². The molecular formula is C16H17F2NO. The van der Waals surface area contributed by atoms with Crippen LogP contribution in [0.3, 0.4) is 0 Å². The molecule has 0 bridgehead atoms. The smallest absolute Gasteiger partial charge is 0.126 e. The molecule has 0 amide bonds. The highest BCUT2D eigenvalue weighted by Crippen LogP contribution is 2.24. The quantitative estimate of drug-likeness (QED) is 0.897. The van der Waals surface area contributed by atoms with Gasteiger partial charge in [0.1, 0.15) is 17.4 Å². The van der Waals surface area contributed by atoms with E-state index >= 15 is 0 Å². The van der Waals surface area contributed by atoms with Crippen LogP contribution >= 0.6 is 0 Å². The van der Waals surface area contributed by atoms with Crippen molar-refractivity contribution in [2.24, 2.45) is 0 Å². The normalized spacial score (nSPS) is 12.2. The molecule has 0 saturated heterocycles. The molecule has 106 valence electrons. The van der Waals surface area contributed by atoms with Crippen molar-refractivity contribution in [2.75, 3.05) is 7.11 Å². The van der Waals surface area contributed by atoms with Crippen molar-refractivity contribution in [3.05, 3.63) is 65.2 Å². The van der Waals surface area contributed by atoms with Gasteiger partial charge in [-0.25, -0.2) is 8.78 Å². The molecule has 2 aromatic rings. The van der Waals surface area contributed by atoms with E-state index in [2.05, 4.69) is 5.32 Å². The molecule has 0 unspecified atom stereocenters. The van der Waals surface area contributed by atoms with Crippen molar-refractivity contribution in [1.29, 1.82) is 0 Å². The molecule has 0 spiro atoms. The number of rotatable bonds is 5. The van der Waals surface area contributed by atoms with Crippen molar-refractivity contribution in [3.8, 4) is 5.75 Å². The predicted octanol–water partition coefficient (Wildman–Crippen LogP) is 3.82. The molecule has 0 aliphatic rings. The van der Waals surface area contributed by atoms with Crippen LogP contribution < -0.4 is 10.1 Å². The Hall–Kier alpha value is -1.94. The predicted molar refractivity (Wildman–Crippen MR) is 74.6 cm³/mol. The number of para-hydroxylation sites is 1. The van der Waals surface area contributed by atoms with Crippen LogP contribution in [0, 0.1) is 11.6 Å². The SMILES string of the molecule is COc1ccccc1[C@H](C)NCc1cc(F)cc(F)c1. The van der Waals surface area contributed by atoms with Crippen LogP contribution in [0.15, 0.2) is 42.5 Å². The highest BCUT2D eigenvalue weighted by Gasteiger charge is 2.10. The molecule has 0 radical (unpaired) electrons. The lowest BCUT2D eigenvalue weighted by Crippen LogP contribution is -2.18. The minimum absolute atomic E-state index is 0.0116. The van der Waals surface area contributed by atoms with Gasteiger partial charge >= 0.3 is 0 Å². The summed E-state index contributed by atoms with van der Waals surface area (Å²) in [5.74, 6) is -0.337. The fourth-order valence-electron chi connectivity index (χ4n) is 2.12. The highest BCUT2D eigenvalue weighted by molar-refractivity contribution is 5.35. The van der Waals surface area contributed by atoms with E-state index in [0.717, 1.165) is 17.4 Å². The molecule has 4 heteroatoms. The minimum atomic E-state index is -0.563. The average Bonchev–Trinajstić information content (AvgIpc) is 2.43. The van der Waals surface area contributed by atoms with Gasteiger partial charge < -0.3 is 10.1 Å². The number of halogens is 2. The standard InChI is InChI=1S/C16H17F2NO/c1-11(15-5-3-4-6-16(15)20-2)19-10-12-7-13(17)9-14(18)8-12/h3-9,11,19H,10H2,1-2H3/t11-/m0/s1. The van der Waals surface area contributed by atoms with Gasteiger partial charge in [0.05, 0.1) is 7.11 Å². The summed E-state index contributed by atoms with van der Waals surface area (Å²) in [6, 6.07) is 11.2. The summed E-state index contributed by atoms with van der Waals surface area (Å²) >= 11 is 0. The third kappa shape index (κ3) is 3.54. The van der Waals surface area contributed by atoms with E-state index < -0.39 is 11.6 Å². The molecule has 0 aliphatic heterocycles. The molecule has 0 saturated carbocycles. The fourth-order valence-corrected chi connectivity index (χ4v) is 2.12. The summed E-state index contributed by atoms with van der Waals surface area (Å²) in [5, 5.41) is 3.23. The lowest BCUT2D eigenvalue weighted by atomic mass is 10.1. The molecule has 0 fully saturated rings. The second-order valence-corrected chi connectivity index (χ2v) is 4.62. The van der Waals surface area contributed by atoms with E-state index in [1.807, 2.05) is 31.2 Å². The molecule has 0 aromatic heterocycles. The Kier molecular flexibility index (Phi) is 4.69. The molecule has 2 rings (SSSR count). The van der Waals surface area contributed by atoms with Crippen LogP contribution in [0.2, 0.25) is 0 Å². The second-order valence-electron chi connectivity index (χ2n) is 4.62. The molecule has 0 heterocycles. The third-order valence-corrected chi connectivity index (χ3v) is 3.14. The Morgan fingerprint density at radius 2 is 1.75 bits per heavy atom. The number of ether oxygens (including phenoxy) is 1. The van der Waals surface area contributed by atoms with E-state index in [1.54, 1.807) is 7.11 Å². The lowest BCUT2D eigenvalue weighted by molar-refractivity contribution is 0.401. The van der Waals surface area contributed by atoms with Crippen LogP contribution in [0.5, 0.6) is 5.75 Å². The minimum Gasteiger partial charge on any atom is -0.496 e. The van der Waals surface area contributed by atoms with Crippen LogP contribution in [0.4, 0.5) is 8.78 Å². The zero-order valence-electron chi connectivity index (χ0n) is 11.5. The molecule has 2 nitrogen and oxygen atoms in total. The Morgan fingerprint density at radius 3 is 2.40 bits per heavy atom. The Bertz CT molecular complexity index is 566. The first-order chi connectivity index (χ1) is 9.60. The number of nitrogens with one attached hydrogen (secondary N) is 1. The van der Waals surface area contributed by atoms with Gasteiger partial charge in [-0.2, -0.15) is 0 Å². The van der Waals surface area contributed by atoms with E-state index in [-0.39, 0.29) is 6.04 Å². The largest absolute Gasteiger partial charge is 0.496 e.